The van der Waals surface area contributed by atoms with Gasteiger partial charge in [0.2, 0.25) is 0 Å². The molecule has 3 heteroatoms. The Balaban J connectivity index is 2.19. The molecule has 0 radical (unpaired) electrons. The molecule has 0 aliphatic heterocycles. The van der Waals surface area contributed by atoms with Crippen molar-refractivity contribution in [3.63, 3.8) is 0 Å². The second kappa shape index (κ2) is 8.02. The Labute approximate surface area is 172 Å². The first kappa shape index (κ1) is 19.1. The fourth-order valence-electron chi connectivity index (χ4n) is 3.94. The van der Waals surface area contributed by atoms with Crippen molar-refractivity contribution in [2.75, 3.05) is 0 Å². The average Bonchev–Trinajstić information content (AvgIpc) is 2.82. The number of nitrogens with zero attached hydrogens (tertiary/aromatic N) is 1. The minimum Gasteiger partial charge on any atom is -0.802 e. The van der Waals surface area contributed by atoms with Gasteiger partial charge >= 0.3 is 0 Å². The first-order chi connectivity index (χ1) is 14.2. The highest BCUT2D eigenvalue weighted by atomic mass is 31.2. The lowest BCUT2D eigenvalue weighted by atomic mass is 10.1. The third-order valence-corrected chi connectivity index (χ3v) is 9.74. The van der Waals surface area contributed by atoms with Gasteiger partial charge in [0.1, 0.15) is 28.5 Å². The molecule has 0 aliphatic carbocycles. The van der Waals surface area contributed by atoms with Gasteiger partial charge in [0.15, 0.2) is 0 Å². The van der Waals surface area contributed by atoms with Crippen molar-refractivity contribution in [1.82, 2.24) is 0 Å². The highest BCUT2D eigenvalue weighted by Gasteiger charge is 2.57. The van der Waals surface area contributed by atoms with Crippen LogP contribution in [0.25, 0.3) is 0 Å². The average molecular weight is 393 g/mol. The van der Waals surface area contributed by atoms with E-state index in [9.17, 15) is 10.4 Å². The topological polar surface area (TPSA) is 46.8 Å². The molecule has 0 aromatic heterocycles. The van der Waals surface area contributed by atoms with Crippen LogP contribution in [0.5, 0.6) is 0 Å². The Kier molecular flexibility index (Phi) is 5.28. The highest BCUT2D eigenvalue weighted by Crippen LogP contribution is 2.67. The number of hydrogen-bond donors (Lipinski definition) is 0. The van der Waals surface area contributed by atoms with E-state index < -0.39 is 12.6 Å². The van der Waals surface area contributed by atoms with Gasteiger partial charge in [-0.25, -0.2) is 0 Å². The van der Waals surface area contributed by atoms with E-state index in [1.165, 1.54) is 0 Å². The van der Waals surface area contributed by atoms with Crippen molar-refractivity contribution in [3.05, 3.63) is 127 Å². The van der Waals surface area contributed by atoms with Crippen molar-refractivity contribution in [2.45, 2.75) is 5.34 Å². The molecule has 0 saturated carbocycles. The van der Waals surface area contributed by atoms with E-state index in [2.05, 4.69) is 6.07 Å². The zero-order valence-corrected chi connectivity index (χ0v) is 16.7. The Morgan fingerprint density at radius 2 is 0.862 bits per heavy atom. The van der Waals surface area contributed by atoms with Crippen LogP contribution in [0.4, 0.5) is 0 Å². The molecule has 29 heavy (non-hydrogen) atoms. The predicted octanol–water partition coefficient (Wildman–Crippen LogP) is 3.72. The fraction of sp³-hybridized carbons (Fsp3) is 0.0385. The molecule has 0 spiro atoms. The predicted molar refractivity (Wildman–Crippen MR) is 119 cm³/mol. The van der Waals surface area contributed by atoms with Gasteiger partial charge < -0.3 is 5.11 Å². The van der Waals surface area contributed by atoms with Crippen LogP contribution in [0.3, 0.4) is 0 Å². The van der Waals surface area contributed by atoms with Crippen LogP contribution in [-0.2, 0) is 5.34 Å². The van der Waals surface area contributed by atoms with Gasteiger partial charge in [0, 0.05) is 0 Å². The van der Waals surface area contributed by atoms with Gasteiger partial charge in [0.25, 0.3) is 0 Å². The quantitative estimate of drug-likeness (QED) is 0.485. The molecule has 1 atom stereocenters. The molecule has 0 fully saturated rings. The van der Waals surface area contributed by atoms with E-state index in [-0.39, 0.29) is 0 Å². The van der Waals surface area contributed by atoms with Gasteiger partial charge in [-0.3, -0.25) is 0 Å². The zero-order valence-electron chi connectivity index (χ0n) is 15.8. The summed E-state index contributed by atoms with van der Waals surface area (Å²) in [5.74, 6) is 0. The van der Waals surface area contributed by atoms with E-state index in [0.29, 0.717) is 5.56 Å². The largest absolute Gasteiger partial charge is 0.802 e. The summed E-state index contributed by atoms with van der Waals surface area (Å²) in [6.07, 6.45) is 0. The summed E-state index contributed by atoms with van der Waals surface area (Å²) >= 11 is 0. The number of hydrogen-bond acceptors (Lipinski definition) is 2. The normalized spacial score (nSPS) is 13.2. The van der Waals surface area contributed by atoms with E-state index in [1.54, 1.807) is 12.1 Å². The molecule has 140 valence electrons. The zero-order chi connectivity index (χ0) is 20.2. The molecule has 0 heterocycles. The Bertz CT molecular complexity index is 1010. The first-order valence-electron chi connectivity index (χ1n) is 9.46. The smallest absolute Gasteiger partial charge is 0.140 e. The standard InChI is InChI=1S/C26H20NOP/c27-21-26(28,22-13-5-1-6-14-22)29(23-15-7-2-8-16-23,24-17-9-3-10-18-24)25-19-11-4-12-20-25/h1-20H. The van der Waals surface area contributed by atoms with Crippen LogP contribution in [0.15, 0.2) is 121 Å². The lowest BCUT2D eigenvalue weighted by Crippen LogP contribution is -2.52. The second-order valence-electron chi connectivity index (χ2n) is 6.80. The lowest BCUT2D eigenvalue weighted by Gasteiger charge is -2.45. The van der Waals surface area contributed by atoms with Crippen LogP contribution in [0, 0.1) is 11.3 Å². The summed E-state index contributed by atoms with van der Waals surface area (Å²) in [5.41, 5.74) is 0.493. The minimum absolute atomic E-state index is 0.493. The van der Waals surface area contributed by atoms with Crippen LogP contribution in [0.1, 0.15) is 5.56 Å². The summed E-state index contributed by atoms with van der Waals surface area (Å²) in [6, 6.07) is 40.7. The van der Waals surface area contributed by atoms with E-state index in [1.807, 2.05) is 109 Å². The summed E-state index contributed by atoms with van der Waals surface area (Å²) in [7, 11) is -2.91. The molecule has 2 nitrogen and oxygen atoms in total. The van der Waals surface area contributed by atoms with Gasteiger partial charge in [0.05, 0.1) is 6.07 Å². The van der Waals surface area contributed by atoms with Crippen molar-refractivity contribution in [3.8, 4) is 6.07 Å². The third-order valence-electron chi connectivity index (χ3n) is 5.22. The summed E-state index contributed by atoms with van der Waals surface area (Å²) in [4.78, 5) is 0. The van der Waals surface area contributed by atoms with Crippen molar-refractivity contribution in [1.29, 1.82) is 5.26 Å². The summed E-state index contributed by atoms with van der Waals surface area (Å²) < 4.78 is 0. The molecular formula is C26H20NOP. The van der Waals surface area contributed by atoms with Crippen molar-refractivity contribution in [2.24, 2.45) is 0 Å². The molecule has 0 N–H and O–H groups in total. The fourth-order valence-corrected chi connectivity index (χ4v) is 8.47. The maximum absolute atomic E-state index is 14.8. The molecule has 0 bridgehead atoms. The Hall–Kier alpha value is -3.24. The van der Waals surface area contributed by atoms with Crippen LogP contribution < -0.4 is 21.0 Å². The summed E-state index contributed by atoms with van der Waals surface area (Å²) in [6.45, 7) is 0. The number of benzene rings is 4. The molecule has 4 aromatic rings. The SMILES string of the molecule is N#CC([O-])(c1ccccc1)[P+](c1ccccc1)(c1ccccc1)c1ccccc1. The highest BCUT2D eigenvalue weighted by molar-refractivity contribution is 7.96. The monoisotopic (exact) mass is 393 g/mol. The number of rotatable bonds is 5. The van der Waals surface area contributed by atoms with Gasteiger partial charge in [-0.05, 0) is 42.0 Å². The van der Waals surface area contributed by atoms with Gasteiger partial charge in [-0.15, -0.1) is 0 Å². The van der Waals surface area contributed by atoms with Gasteiger partial charge in [-0.2, -0.15) is 5.26 Å². The second-order valence-corrected chi connectivity index (χ2v) is 10.3. The summed E-state index contributed by atoms with van der Waals surface area (Å²) in [5, 5.41) is 25.9. The molecule has 0 aliphatic rings. The molecule has 0 amide bonds. The lowest BCUT2D eigenvalue weighted by molar-refractivity contribution is -0.428. The maximum atomic E-state index is 14.8. The first-order valence-corrected chi connectivity index (χ1v) is 11.3. The Morgan fingerprint density at radius 3 is 1.17 bits per heavy atom. The molecule has 4 aromatic carbocycles. The third kappa shape index (κ3) is 3.06. The molecule has 0 saturated heterocycles. The van der Waals surface area contributed by atoms with E-state index in [4.69, 9.17) is 0 Å². The van der Waals surface area contributed by atoms with Gasteiger partial charge in [-0.1, -0.05) is 84.9 Å². The van der Waals surface area contributed by atoms with Crippen molar-refractivity contribution < 1.29 is 5.11 Å². The van der Waals surface area contributed by atoms with Crippen LogP contribution >= 0.6 is 7.26 Å². The van der Waals surface area contributed by atoms with E-state index in [0.717, 1.165) is 15.9 Å². The van der Waals surface area contributed by atoms with Crippen LogP contribution in [0.2, 0.25) is 0 Å². The molecule has 4 rings (SSSR count). The maximum Gasteiger partial charge on any atom is 0.140 e. The van der Waals surface area contributed by atoms with Crippen molar-refractivity contribution >= 4 is 23.2 Å². The number of nitriles is 1. The molecule has 1 unspecified atom stereocenters. The minimum atomic E-state index is -2.91. The molecular weight excluding hydrogens is 373 g/mol. The Morgan fingerprint density at radius 1 is 0.552 bits per heavy atom. The van der Waals surface area contributed by atoms with E-state index >= 15 is 0 Å². The van der Waals surface area contributed by atoms with Crippen LogP contribution in [-0.4, -0.2) is 0 Å².